The Kier molecular flexibility index (Phi) is 6.89. The maximum absolute atomic E-state index is 12.2. The molecule has 22 heavy (non-hydrogen) atoms. The van der Waals surface area contributed by atoms with Crippen molar-refractivity contribution >= 4 is 17.6 Å². The number of carboxylic acid groups (broad SMARTS) is 1. The molecular formula is C17H26N2O3. The van der Waals surface area contributed by atoms with Gasteiger partial charge in [-0.1, -0.05) is 20.3 Å². The molecule has 0 heterocycles. The van der Waals surface area contributed by atoms with E-state index in [-0.39, 0.29) is 11.8 Å². The lowest BCUT2D eigenvalue weighted by Crippen LogP contribution is -2.45. The number of nitrogens with zero attached hydrogens (tertiary/aromatic N) is 1. The van der Waals surface area contributed by atoms with Gasteiger partial charge < -0.3 is 15.3 Å². The number of nitrogens with one attached hydrogen (secondary N) is 1. The number of hydrogen-bond acceptors (Lipinski definition) is 3. The number of carboxylic acids is 1. The van der Waals surface area contributed by atoms with E-state index < -0.39 is 12.0 Å². The highest BCUT2D eigenvalue weighted by molar-refractivity contribution is 5.96. The van der Waals surface area contributed by atoms with Crippen LogP contribution in [-0.4, -0.2) is 36.1 Å². The van der Waals surface area contributed by atoms with Gasteiger partial charge in [0.25, 0.3) is 5.91 Å². The van der Waals surface area contributed by atoms with Gasteiger partial charge in [0.1, 0.15) is 6.04 Å². The maximum atomic E-state index is 12.2. The van der Waals surface area contributed by atoms with Gasteiger partial charge in [0.2, 0.25) is 0 Å². The van der Waals surface area contributed by atoms with Crippen LogP contribution in [0.3, 0.4) is 0 Å². The molecule has 0 aromatic heterocycles. The molecule has 1 aromatic carbocycles. The van der Waals surface area contributed by atoms with Crippen molar-refractivity contribution in [2.24, 2.45) is 5.92 Å². The zero-order valence-electron chi connectivity index (χ0n) is 13.8. The van der Waals surface area contributed by atoms with Crippen molar-refractivity contribution < 1.29 is 14.7 Å². The van der Waals surface area contributed by atoms with Gasteiger partial charge in [0.05, 0.1) is 0 Å². The summed E-state index contributed by atoms with van der Waals surface area (Å²) in [6.45, 7) is 9.68. The first-order valence-electron chi connectivity index (χ1n) is 7.83. The zero-order valence-corrected chi connectivity index (χ0v) is 13.8. The first kappa shape index (κ1) is 18.0. The molecule has 1 rings (SSSR count). The van der Waals surface area contributed by atoms with Crippen molar-refractivity contribution in [2.45, 2.75) is 40.2 Å². The van der Waals surface area contributed by atoms with Crippen LogP contribution in [0.5, 0.6) is 0 Å². The minimum absolute atomic E-state index is 0.114. The van der Waals surface area contributed by atoms with E-state index in [0.717, 1.165) is 18.8 Å². The Labute approximate surface area is 132 Å². The molecule has 1 aromatic rings. The van der Waals surface area contributed by atoms with Crippen molar-refractivity contribution in [1.82, 2.24) is 5.32 Å². The van der Waals surface area contributed by atoms with E-state index >= 15 is 0 Å². The van der Waals surface area contributed by atoms with Gasteiger partial charge in [-0.3, -0.25) is 4.79 Å². The number of carbonyl (C=O) groups excluding carboxylic acids is 1. The van der Waals surface area contributed by atoms with Gasteiger partial charge in [-0.25, -0.2) is 4.79 Å². The highest BCUT2D eigenvalue weighted by Gasteiger charge is 2.25. The van der Waals surface area contributed by atoms with Gasteiger partial charge in [-0.15, -0.1) is 0 Å². The second kappa shape index (κ2) is 8.41. The molecule has 0 unspecified atom stereocenters. The van der Waals surface area contributed by atoms with Crippen molar-refractivity contribution in [3.05, 3.63) is 29.8 Å². The van der Waals surface area contributed by atoms with E-state index in [1.807, 2.05) is 26.0 Å². The van der Waals surface area contributed by atoms with Gasteiger partial charge in [0, 0.05) is 24.3 Å². The lowest BCUT2D eigenvalue weighted by atomic mass is 9.99. The summed E-state index contributed by atoms with van der Waals surface area (Å²) in [5.41, 5.74) is 1.53. The molecule has 0 fully saturated rings. The van der Waals surface area contributed by atoms with Gasteiger partial charge >= 0.3 is 5.97 Å². The van der Waals surface area contributed by atoms with E-state index in [1.165, 1.54) is 0 Å². The van der Waals surface area contributed by atoms with Crippen LogP contribution in [0, 0.1) is 5.92 Å². The molecule has 2 atom stereocenters. The van der Waals surface area contributed by atoms with Crippen LogP contribution in [-0.2, 0) is 4.79 Å². The summed E-state index contributed by atoms with van der Waals surface area (Å²) in [5.74, 6) is -1.46. The topological polar surface area (TPSA) is 69.6 Å². The quantitative estimate of drug-likeness (QED) is 0.775. The van der Waals surface area contributed by atoms with Gasteiger partial charge in [0.15, 0.2) is 0 Å². The summed E-state index contributed by atoms with van der Waals surface area (Å²) in [6.07, 6.45) is 0.693. The minimum Gasteiger partial charge on any atom is -0.480 e. The predicted molar refractivity (Wildman–Crippen MR) is 88.3 cm³/mol. The zero-order chi connectivity index (χ0) is 16.7. The number of anilines is 1. The van der Waals surface area contributed by atoms with E-state index in [9.17, 15) is 14.7 Å². The second-order valence-corrected chi connectivity index (χ2v) is 5.39. The van der Waals surface area contributed by atoms with E-state index in [0.29, 0.717) is 12.0 Å². The summed E-state index contributed by atoms with van der Waals surface area (Å²) in [4.78, 5) is 25.7. The first-order chi connectivity index (χ1) is 10.4. The molecule has 0 radical (unpaired) electrons. The molecule has 0 aliphatic rings. The summed E-state index contributed by atoms with van der Waals surface area (Å²) >= 11 is 0. The SMILES string of the molecule is CC[C@H](C)[C@H](NC(=O)c1ccc(N(CC)CC)cc1)C(=O)O. The smallest absolute Gasteiger partial charge is 0.326 e. The van der Waals surface area contributed by atoms with Crippen LogP contribution in [0.15, 0.2) is 24.3 Å². The summed E-state index contributed by atoms with van der Waals surface area (Å²) < 4.78 is 0. The largest absolute Gasteiger partial charge is 0.480 e. The summed E-state index contributed by atoms with van der Waals surface area (Å²) in [6, 6.07) is 6.39. The molecular weight excluding hydrogens is 280 g/mol. The fourth-order valence-electron chi connectivity index (χ4n) is 2.32. The van der Waals surface area contributed by atoms with Crippen LogP contribution in [0.25, 0.3) is 0 Å². The molecule has 0 aliphatic heterocycles. The number of hydrogen-bond donors (Lipinski definition) is 2. The Hall–Kier alpha value is -2.04. The van der Waals surface area contributed by atoms with Crippen molar-refractivity contribution in [1.29, 1.82) is 0 Å². The highest BCUT2D eigenvalue weighted by atomic mass is 16.4. The van der Waals surface area contributed by atoms with Crippen molar-refractivity contribution in [3.63, 3.8) is 0 Å². The van der Waals surface area contributed by atoms with E-state index in [4.69, 9.17) is 0 Å². The number of rotatable bonds is 8. The molecule has 0 spiro atoms. The standard InChI is InChI=1S/C17H26N2O3/c1-5-12(4)15(17(21)22)18-16(20)13-8-10-14(11-9-13)19(6-2)7-3/h8-12,15H,5-7H2,1-4H3,(H,18,20)(H,21,22)/t12-,15-/m0/s1. The third-order valence-electron chi connectivity index (χ3n) is 4.02. The number of amides is 1. The summed E-state index contributed by atoms with van der Waals surface area (Å²) in [5, 5.41) is 11.8. The highest BCUT2D eigenvalue weighted by Crippen LogP contribution is 2.15. The van der Waals surface area contributed by atoms with Crippen LogP contribution < -0.4 is 10.2 Å². The molecule has 2 N–H and O–H groups in total. The average Bonchev–Trinajstić information content (AvgIpc) is 2.53. The summed E-state index contributed by atoms with van der Waals surface area (Å²) in [7, 11) is 0. The molecule has 0 saturated heterocycles. The Bertz CT molecular complexity index is 495. The third-order valence-corrected chi connectivity index (χ3v) is 4.02. The lowest BCUT2D eigenvalue weighted by Gasteiger charge is -2.22. The second-order valence-electron chi connectivity index (χ2n) is 5.39. The van der Waals surface area contributed by atoms with Crippen LogP contribution in [0.4, 0.5) is 5.69 Å². The van der Waals surface area contributed by atoms with Crippen LogP contribution >= 0.6 is 0 Å². The fraction of sp³-hybridized carbons (Fsp3) is 0.529. The molecule has 5 heteroatoms. The third kappa shape index (κ3) is 4.48. The average molecular weight is 306 g/mol. The van der Waals surface area contributed by atoms with E-state index in [1.54, 1.807) is 12.1 Å². The molecule has 5 nitrogen and oxygen atoms in total. The number of aliphatic carboxylic acids is 1. The molecule has 0 aliphatic carbocycles. The normalized spacial score (nSPS) is 13.3. The van der Waals surface area contributed by atoms with Gasteiger partial charge in [-0.05, 0) is 44.0 Å². The molecule has 1 amide bonds. The molecule has 122 valence electrons. The Morgan fingerprint density at radius 3 is 2.09 bits per heavy atom. The Morgan fingerprint density at radius 2 is 1.68 bits per heavy atom. The fourth-order valence-corrected chi connectivity index (χ4v) is 2.32. The maximum Gasteiger partial charge on any atom is 0.326 e. The Balaban J connectivity index is 2.83. The number of carbonyl (C=O) groups is 2. The van der Waals surface area contributed by atoms with Crippen molar-refractivity contribution in [2.75, 3.05) is 18.0 Å². The Morgan fingerprint density at radius 1 is 1.14 bits per heavy atom. The minimum atomic E-state index is -0.998. The number of benzene rings is 1. The first-order valence-corrected chi connectivity index (χ1v) is 7.83. The lowest BCUT2D eigenvalue weighted by molar-refractivity contribution is -0.140. The predicted octanol–water partition coefficient (Wildman–Crippen LogP) is 2.76. The molecule has 0 saturated carbocycles. The monoisotopic (exact) mass is 306 g/mol. The van der Waals surface area contributed by atoms with E-state index in [2.05, 4.69) is 24.1 Å². The molecule has 0 bridgehead atoms. The van der Waals surface area contributed by atoms with Crippen LogP contribution in [0.2, 0.25) is 0 Å². The van der Waals surface area contributed by atoms with Crippen molar-refractivity contribution in [3.8, 4) is 0 Å². The van der Waals surface area contributed by atoms with Crippen LogP contribution in [0.1, 0.15) is 44.5 Å². The van der Waals surface area contributed by atoms with Gasteiger partial charge in [-0.2, -0.15) is 0 Å².